The van der Waals surface area contributed by atoms with Gasteiger partial charge in [0, 0.05) is 10.7 Å². The molecule has 2 rings (SSSR count). The lowest BCUT2D eigenvalue weighted by Crippen LogP contribution is -1.98. The monoisotopic (exact) mass is 305 g/mol. The smallest absolute Gasteiger partial charge is 0.147 e. The molecule has 90 valence electrons. The highest BCUT2D eigenvalue weighted by Crippen LogP contribution is 2.23. The third-order valence-electron chi connectivity index (χ3n) is 2.40. The largest absolute Gasteiger partial charge is 0.338 e. The molecule has 1 N–H and O–H groups in total. The van der Waals surface area contributed by atoms with Gasteiger partial charge in [-0.2, -0.15) is 5.26 Å². The number of pyridine rings is 1. The zero-order valence-electron chi connectivity index (χ0n) is 9.54. The Balaban J connectivity index is 2.32. The van der Waals surface area contributed by atoms with Crippen molar-refractivity contribution in [1.82, 2.24) is 4.98 Å². The van der Waals surface area contributed by atoms with Crippen LogP contribution in [-0.4, -0.2) is 4.98 Å². The van der Waals surface area contributed by atoms with Crippen molar-refractivity contribution in [2.75, 3.05) is 5.32 Å². The molecule has 1 aromatic carbocycles. The average molecular weight is 306 g/mol. The van der Waals surface area contributed by atoms with Crippen molar-refractivity contribution in [3.63, 3.8) is 0 Å². The van der Waals surface area contributed by atoms with E-state index in [1.165, 1.54) is 12.1 Å². The predicted molar refractivity (Wildman–Crippen MR) is 71.1 cm³/mol. The van der Waals surface area contributed by atoms with Crippen LogP contribution in [0, 0.1) is 24.1 Å². The van der Waals surface area contributed by atoms with Crippen molar-refractivity contribution in [1.29, 1.82) is 5.26 Å². The molecule has 0 amide bonds. The number of rotatable bonds is 2. The normalized spacial score (nSPS) is 9.89. The van der Waals surface area contributed by atoms with Crippen molar-refractivity contribution in [2.45, 2.75) is 6.92 Å². The fourth-order valence-electron chi connectivity index (χ4n) is 1.48. The van der Waals surface area contributed by atoms with Crippen LogP contribution in [0.1, 0.15) is 11.1 Å². The SMILES string of the molecule is Cc1cc(Br)cnc1Nc1ccc(C#N)cc1F. The zero-order chi connectivity index (χ0) is 13.1. The number of nitriles is 1. The van der Waals surface area contributed by atoms with E-state index in [-0.39, 0.29) is 0 Å². The Morgan fingerprint density at radius 2 is 2.17 bits per heavy atom. The summed E-state index contributed by atoms with van der Waals surface area (Å²) in [5, 5.41) is 11.6. The molecule has 3 nitrogen and oxygen atoms in total. The van der Waals surface area contributed by atoms with Gasteiger partial charge in [0.15, 0.2) is 0 Å². The number of aryl methyl sites for hydroxylation is 1. The Bertz CT molecular complexity index is 635. The van der Waals surface area contributed by atoms with Crippen molar-refractivity contribution in [2.24, 2.45) is 0 Å². The van der Waals surface area contributed by atoms with Gasteiger partial charge in [-0.15, -0.1) is 0 Å². The highest BCUT2D eigenvalue weighted by Gasteiger charge is 2.06. The van der Waals surface area contributed by atoms with Gasteiger partial charge < -0.3 is 5.32 Å². The summed E-state index contributed by atoms with van der Waals surface area (Å²) < 4.78 is 14.5. The molecule has 0 spiro atoms. The molecule has 1 heterocycles. The fourth-order valence-corrected chi connectivity index (χ4v) is 1.93. The summed E-state index contributed by atoms with van der Waals surface area (Å²) in [5.74, 6) is 0.111. The Kier molecular flexibility index (Phi) is 3.58. The van der Waals surface area contributed by atoms with Crippen molar-refractivity contribution in [3.05, 3.63) is 51.9 Å². The highest BCUT2D eigenvalue weighted by molar-refractivity contribution is 9.10. The van der Waals surface area contributed by atoms with Crippen LogP contribution < -0.4 is 5.32 Å². The molecule has 0 aliphatic rings. The summed E-state index contributed by atoms with van der Waals surface area (Å²) >= 11 is 3.31. The van der Waals surface area contributed by atoms with Gasteiger partial charge in [0.2, 0.25) is 0 Å². The van der Waals surface area contributed by atoms with Crippen LogP contribution in [-0.2, 0) is 0 Å². The summed E-state index contributed by atoms with van der Waals surface area (Å²) in [5.41, 5.74) is 1.48. The Labute approximate surface area is 112 Å². The topological polar surface area (TPSA) is 48.7 Å². The zero-order valence-corrected chi connectivity index (χ0v) is 11.1. The van der Waals surface area contributed by atoms with E-state index in [0.717, 1.165) is 10.0 Å². The number of nitrogens with zero attached hydrogens (tertiary/aromatic N) is 2. The second-order valence-corrected chi connectivity index (χ2v) is 4.67. The number of benzene rings is 1. The summed E-state index contributed by atoms with van der Waals surface area (Å²) in [7, 11) is 0. The van der Waals surface area contributed by atoms with E-state index in [4.69, 9.17) is 5.26 Å². The van der Waals surface area contributed by atoms with E-state index >= 15 is 0 Å². The summed E-state index contributed by atoms with van der Waals surface area (Å²) in [4.78, 5) is 4.17. The van der Waals surface area contributed by atoms with Gasteiger partial charge >= 0.3 is 0 Å². The van der Waals surface area contributed by atoms with Crippen LogP contribution in [0.4, 0.5) is 15.9 Å². The maximum Gasteiger partial charge on any atom is 0.147 e. The van der Waals surface area contributed by atoms with Crippen LogP contribution in [0.3, 0.4) is 0 Å². The van der Waals surface area contributed by atoms with Gasteiger partial charge in [0.05, 0.1) is 17.3 Å². The van der Waals surface area contributed by atoms with Gasteiger partial charge in [-0.05, 0) is 52.7 Å². The first-order chi connectivity index (χ1) is 8.60. The lowest BCUT2D eigenvalue weighted by atomic mass is 10.2. The minimum Gasteiger partial charge on any atom is -0.338 e. The van der Waals surface area contributed by atoms with E-state index < -0.39 is 5.82 Å². The number of hydrogen-bond acceptors (Lipinski definition) is 3. The third-order valence-corrected chi connectivity index (χ3v) is 2.83. The summed E-state index contributed by atoms with van der Waals surface area (Å²) in [6, 6.07) is 8.04. The molecule has 2 aromatic rings. The average Bonchev–Trinajstić information content (AvgIpc) is 2.34. The summed E-state index contributed by atoms with van der Waals surface area (Å²) in [6.45, 7) is 1.88. The number of halogens is 2. The third kappa shape index (κ3) is 2.66. The van der Waals surface area contributed by atoms with Crippen LogP contribution in [0.25, 0.3) is 0 Å². The lowest BCUT2D eigenvalue weighted by molar-refractivity contribution is 0.631. The molecule has 0 saturated heterocycles. The first-order valence-electron chi connectivity index (χ1n) is 5.19. The van der Waals surface area contributed by atoms with E-state index in [1.807, 2.05) is 19.1 Å². The van der Waals surface area contributed by atoms with Crippen LogP contribution in [0.15, 0.2) is 34.9 Å². The van der Waals surface area contributed by atoms with Crippen LogP contribution in [0.5, 0.6) is 0 Å². The van der Waals surface area contributed by atoms with E-state index in [1.54, 1.807) is 12.3 Å². The van der Waals surface area contributed by atoms with E-state index in [2.05, 4.69) is 26.2 Å². The molecule has 0 saturated carbocycles. The Morgan fingerprint density at radius 1 is 1.39 bits per heavy atom. The first-order valence-corrected chi connectivity index (χ1v) is 5.98. The summed E-state index contributed by atoms with van der Waals surface area (Å²) in [6.07, 6.45) is 1.64. The Morgan fingerprint density at radius 3 is 2.78 bits per heavy atom. The van der Waals surface area contributed by atoms with Gasteiger partial charge in [0.25, 0.3) is 0 Å². The van der Waals surface area contributed by atoms with E-state index in [0.29, 0.717) is 17.1 Å². The number of nitrogens with one attached hydrogen (secondary N) is 1. The maximum atomic E-state index is 13.7. The fraction of sp³-hybridized carbons (Fsp3) is 0.0769. The second-order valence-electron chi connectivity index (χ2n) is 3.75. The molecule has 0 fully saturated rings. The molecule has 1 aromatic heterocycles. The lowest BCUT2D eigenvalue weighted by Gasteiger charge is -2.09. The van der Waals surface area contributed by atoms with E-state index in [9.17, 15) is 4.39 Å². The minimum absolute atomic E-state index is 0.290. The van der Waals surface area contributed by atoms with Crippen LogP contribution in [0.2, 0.25) is 0 Å². The maximum absolute atomic E-state index is 13.7. The number of anilines is 2. The molecule has 0 radical (unpaired) electrons. The van der Waals surface area contributed by atoms with Gasteiger partial charge in [-0.3, -0.25) is 0 Å². The molecule has 0 aliphatic carbocycles. The molecular formula is C13H9BrFN3. The number of aromatic nitrogens is 1. The predicted octanol–water partition coefficient (Wildman–Crippen LogP) is 3.91. The van der Waals surface area contributed by atoms with Gasteiger partial charge in [-0.25, -0.2) is 9.37 Å². The number of hydrogen-bond donors (Lipinski definition) is 1. The highest BCUT2D eigenvalue weighted by atomic mass is 79.9. The van der Waals surface area contributed by atoms with Crippen molar-refractivity contribution < 1.29 is 4.39 Å². The molecular weight excluding hydrogens is 297 g/mol. The standard InChI is InChI=1S/C13H9BrFN3/c1-8-4-10(14)7-17-13(8)18-12-3-2-9(6-16)5-11(12)15/h2-5,7H,1H3,(H,17,18). The van der Waals surface area contributed by atoms with Gasteiger partial charge in [0.1, 0.15) is 11.6 Å². The molecule has 0 unspecified atom stereocenters. The van der Waals surface area contributed by atoms with Crippen molar-refractivity contribution >= 4 is 27.4 Å². The molecule has 0 aliphatic heterocycles. The molecule has 0 bridgehead atoms. The molecule has 18 heavy (non-hydrogen) atoms. The molecule has 0 atom stereocenters. The first kappa shape index (κ1) is 12.5. The quantitative estimate of drug-likeness (QED) is 0.915. The Hall–Kier alpha value is -1.93. The second kappa shape index (κ2) is 5.15. The minimum atomic E-state index is -0.474. The van der Waals surface area contributed by atoms with Crippen LogP contribution >= 0.6 is 15.9 Å². The van der Waals surface area contributed by atoms with Gasteiger partial charge in [-0.1, -0.05) is 0 Å². The van der Waals surface area contributed by atoms with Crippen molar-refractivity contribution in [3.8, 4) is 6.07 Å². The molecule has 5 heteroatoms.